The third-order valence-corrected chi connectivity index (χ3v) is 8.60. The van der Waals surface area contributed by atoms with Crippen LogP contribution in [-0.2, 0) is 14.8 Å². The third kappa shape index (κ3) is 5.62. The van der Waals surface area contributed by atoms with Gasteiger partial charge in [-0.2, -0.15) is 4.31 Å². The summed E-state index contributed by atoms with van der Waals surface area (Å²) < 4.78 is 34.1. The van der Waals surface area contributed by atoms with Gasteiger partial charge in [0.25, 0.3) is 5.91 Å². The Balaban J connectivity index is 1.53. The highest BCUT2D eigenvalue weighted by atomic mass is 32.2. The normalized spacial score (nSPS) is 21.4. The summed E-state index contributed by atoms with van der Waals surface area (Å²) in [6.07, 6.45) is 6.14. The summed E-state index contributed by atoms with van der Waals surface area (Å²) in [6, 6.07) is 5.19. The molecule has 9 heteroatoms. The molecular formula is C23H36N4O4S. The van der Waals surface area contributed by atoms with Gasteiger partial charge in [-0.15, -0.1) is 0 Å². The highest BCUT2D eigenvalue weighted by molar-refractivity contribution is 7.89. The summed E-state index contributed by atoms with van der Waals surface area (Å²) in [7, 11) is -3.65. The Hall–Kier alpha value is -1.68. The Morgan fingerprint density at radius 2 is 1.56 bits per heavy atom. The van der Waals surface area contributed by atoms with Gasteiger partial charge in [0.05, 0.1) is 18.9 Å². The van der Waals surface area contributed by atoms with Gasteiger partial charge in [-0.1, -0.05) is 6.42 Å². The number of anilines is 1. The van der Waals surface area contributed by atoms with Crippen LogP contribution in [-0.4, -0.2) is 89.1 Å². The van der Waals surface area contributed by atoms with Crippen molar-refractivity contribution in [3.63, 3.8) is 0 Å². The predicted octanol–water partition coefficient (Wildman–Crippen LogP) is 1.91. The largest absolute Gasteiger partial charge is 0.379 e. The molecule has 3 saturated heterocycles. The average molecular weight is 465 g/mol. The maximum Gasteiger partial charge on any atom is 0.251 e. The molecule has 0 unspecified atom stereocenters. The SMILES string of the molecule is O=C(NCCN1CCOCC1)c1ccc(N2CCCCC2)c(S(=O)(=O)N2CCCCC2)c1. The van der Waals surface area contributed by atoms with E-state index in [0.717, 1.165) is 83.7 Å². The van der Waals surface area contributed by atoms with E-state index >= 15 is 0 Å². The average Bonchev–Trinajstić information content (AvgIpc) is 2.85. The second-order valence-electron chi connectivity index (χ2n) is 8.90. The molecular weight excluding hydrogens is 428 g/mol. The molecule has 3 aliphatic rings. The molecule has 0 aromatic heterocycles. The van der Waals surface area contributed by atoms with Crippen LogP contribution in [0, 0.1) is 0 Å². The lowest BCUT2D eigenvalue weighted by atomic mass is 10.1. The lowest BCUT2D eigenvalue weighted by molar-refractivity contribution is 0.0383. The van der Waals surface area contributed by atoms with Gasteiger partial charge in [-0.05, 0) is 50.3 Å². The molecule has 0 saturated carbocycles. The first-order chi connectivity index (χ1) is 15.6. The maximum absolute atomic E-state index is 13.6. The van der Waals surface area contributed by atoms with Crippen molar-refractivity contribution in [2.75, 3.05) is 70.5 Å². The van der Waals surface area contributed by atoms with Crippen LogP contribution in [0.25, 0.3) is 0 Å². The summed E-state index contributed by atoms with van der Waals surface area (Å²) in [6.45, 7) is 7.31. The molecule has 32 heavy (non-hydrogen) atoms. The van der Waals surface area contributed by atoms with Crippen molar-refractivity contribution in [2.45, 2.75) is 43.4 Å². The van der Waals surface area contributed by atoms with E-state index in [1.54, 1.807) is 16.4 Å². The summed E-state index contributed by atoms with van der Waals surface area (Å²) >= 11 is 0. The van der Waals surface area contributed by atoms with Crippen LogP contribution in [0.5, 0.6) is 0 Å². The highest BCUT2D eigenvalue weighted by Crippen LogP contribution is 2.32. The Labute approximate surface area is 191 Å². The number of rotatable bonds is 7. The van der Waals surface area contributed by atoms with E-state index in [0.29, 0.717) is 25.2 Å². The van der Waals surface area contributed by atoms with Crippen LogP contribution in [0.1, 0.15) is 48.9 Å². The van der Waals surface area contributed by atoms with E-state index in [9.17, 15) is 13.2 Å². The van der Waals surface area contributed by atoms with Crippen molar-refractivity contribution in [3.8, 4) is 0 Å². The summed E-state index contributed by atoms with van der Waals surface area (Å²) in [5.41, 5.74) is 1.14. The number of hydrogen-bond donors (Lipinski definition) is 1. The van der Waals surface area contributed by atoms with E-state index in [-0.39, 0.29) is 10.8 Å². The molecule has 178 valence electrons. The molecule has 3 fully saturated rings. The first-order valence-electron chi connectivity index (χ1n) is 12.0. The fraction of sp³-hybridized carbons (Fsp3) is 0.696. The van der Waals surface area contributed by atoms with Crippen molar-refractivity contribution in [1.82, 2.24) is 14.5 Å². The maximum atomic E-state index is 13.6. The predicted molar refractivity (Wildman–Crippen MR) is 125 cm³/mol. The first-order valence-corrected chi connectivity index (χ1v) is 13.5. The van der Waals surface area contributed by atoms with Gasteiger partial charge in [-0.25, -0.2) is 8.42 Å². The molecule has 3 aliphatic heterocycles. The number of nitrogens with zero attached hydrogens (tertiary/aromatic N) is 3. The number of hydrogen-bond acceptors (Lipinski definition) is 6. The number of benzene rings is 1. The van der Waals surface area contributed by atoms with E-state index < -0.39 is 10.0 Å². The molecule has 3 heterocycles. The molecule has 1 amide bonds. The number of nitrogens with one attached hydrogen (secondary N) is 1. The molecule has 1 aromatic rings. The molecule has 1 aromatic carbocycles. The van der Waals surface area contributed by atoms with Crippen LogP contribution in [0.4, 0.5) is 5.69 Å². The second-order valence-corrected chi connectivity index (χ2v) is 10.8. The summed E-state index contributed by atoms with van der Waals surface area (Å²) in [5, 5.41) is 2.96. The van der Waals surface area contributed by atoms with Gasteiger partial charge in [0.2, 0.25) is 10.0 Å². The van der Waals surface area contributed by atoms with Gasteiger partial charge < -0.3 is 15.0 Å². The lowest BCUT2D eigenvalue weighted by Crippen LogP contribution is -2.41. The van der Waals surface area contributed by atoms with Gasteiger partial charge in [0.1, 0.15) is 4.90 Å². The number of sulfonamides is 1. The number of carbonyl (C=O) groups excluding carboxylic acids is 1. The molecule has 0 atom stereocenters. The highest BCUT2D eigenvalue weighted by Gasteiger charge is 2.31. The van der Waals surface area contributed by atoms with Crippen LogP contribution in [0.3, 0.4) is 0 Å². The molecule has 4 rings (SSSR count). The number of carbonyl (C=O) groups is 1. The zero-order chi connectivity index (χ0) is 22.4. The Morgan fingerprint density at radius 1 is 0.906 bits per heavy atom. The van der Waals surface area contributed by atoms with Gasteiger partial charge in [0.15, 0.2) is 0 Å². The van der Waals surface area contributed by atoms with Gasteiger partial charge >= 0.3 is 0 Å². The topological polar surface area (TPSA) is 82.2 Å². The van der Waals surface area contributed by atoms with E-state index in [4.69, 9.17) is 4.74 Å². The van der Waals surface area contributed by atoms with E-state index in [2.05, 4.69) is 15.1 Å². The fourth-order valence-corrected chi connectivity index (χ4v) is 6.51. The Bertz CT molecular complexity index is 874. The Morgan fingerprint density at radius 3 is 2.25 bits per heavy atom. The van der Waals surface area contributed by atoms with Crippen molar-refractivity contribution < 1.29 is 17.9 Å². The monoisotopic (exact) mass is 464 g/mol. The molecule has 8 nitrogen and oxygen atoms in total. The zero-order valence-electron chi connectivity index (χ0n) is 18.9. The van der Waals surface area contributed by atoms with Crippen LogP contribution in [0.2, 0.25) is 0 Å². The van der Waals surface area contributed by atoms with Gasteiger partial charge in [-0.3, -0.25) is 9.69 Å². The number of ether oxygens (including phenoxy) is 1. The Kier molecular flexibility index (Phi) is 8.04. The fourth-order valence-electron chi connectivity index (χ4n) is 4.76. The van der Waals surface area contributed by atoms with Crippen LogP contribution < -0.4 is 10.2 Å². The van der Waals surface area contributed by atoms with Crippen molar-refractivity contribution in [3.05, 3.63) is 23.8 Å². The zero-order valence-corrected chi connectivity index (χ0v) is 19.7. The summed E-state index contributed by atoms with van der Waals surface area (Å²) in [5.74, 6) is -0.224. The van der Waals surface area contributed by atoms with Crippen molar-refractivity contribution in [2.24, 2.45) is 0 Å². The smallest absolute Gasteiger partial charge is 0.251 e. The van der Waals surface area contributed by atoms with Crippen molar-refractivity contribution >= 4 is 21.6 Å². The number of amides is 1. The van der Waals surface area contributed by atoms with Crippen LogP contribution in [0.15, 0.2) is 23.1 Å². The standard InChI is InChI=1S/C23H36N4O4S/c28-23(24-9-14-25-15-17-31-18-16-25)20-7-8-21(26-10-3-1-4-11-26)22(19-20)32(29,30)27-12-5-2-6-13-27/h7-8,19H,1-6,9-18H2,(H,24,28). The first kappa shape index (κ1) is 23.5. The van der Waals surface area contributed by atoms with E-state index in [1.165, 1.54) is 6.42 Å². The number of piperidine rings is 2. The second kappa shape index (κ2) is 11.0. The lowest BCUT2D eigenvalue weighted by Gasteiger charge is -2.33. The van der Waals surface area contributed by atoms with E-state index in [1.807, 2.05) is 6.07 Å². The van der Waals surface area contributed by atoms with Crippen molar-refractivity contribution in [1.29, 1.82) is 0 Å². The summed E-state index contributed by atoms with van der Waals surface area (Å²) in [4.78, 5) is 17.6. The molecule has 0 radical (unpaired) electrons. The van der Waals surface area contributed by atoms with Gasteiger partial charge in [0, 0.05) is 57.9 Å². The minimum atomic E-state index is -3.65. The van der Waals surface area contributed by atoms with Crippen LogP contribution >= 0.6 is 0 Å². The molecule has 0 spiro atoms. The molecule has 0 aliphatic carbocycles. The quantitative estimate of drug-likeness (QED) is 0.664. The third-order valence-electron chi connectivity index (χ3n) is 6.67. The molecule has 0 bridgehead atoms. The molecule has 1 N–H and O–H groups in total. The minimum absolute atomic E-state index is 0.224. The number of morpholine rings is 1. The minimum Gasteiger partial charge on any atom is -0.379 e.